The molecule has 30 heavy (non-hydrogen) atoms. The van der Waals surface area contributed by atoms with Gasteiger partial charge >= 0.3 is 0 Å². The van der Waals surface area contributed by atoms with E-state index in [2.05, 4.69) is 25.5 Å². The molecule has 2 aromatic carbocycles. The first-order valence-electron chi connectivity index (χ1n) is 9.61. The van der Waals surface area contributed by atoms with Gasteiger partial charge in [0.2, 0.25) is 11.8 Å². The standard InChI is InChI=1S/C21H21N5O3S/c1-2-28-15-9-7-14(8-10-15)20-25-26-21(29-20)30-13-19(27)22-12-11-18-23-16-5-3-4-6-17(16)24-18/h3-10H,2,11-13H2,1H3,(H,22,27)(H,23,24). The number of benzene rings is 2. The number of nitrogens with one attached hydrogen (secondary N) is 2. The Labute approximate surface area is 177 Å². The van der Waals surface area contributed by atoms with Gasteiger partial charge in [-0.2, -0.15) is 0 Å². The molecule has 0 aliphatic heterocycles. The summed E-state index contributed by atoms with van der Waals surface area (Å²) in [5, 5.41) is 11.3. The van der Waals surface area contributed by atoms with E-state index in [1.54, 1.807) is 0 Å². The second-order valence-corrected chi connectivity index (χ2v) is 7.35. The number of amides is 1. The summed E-state index contributed by atoms with van der Waals surface area (Å²) >= 11 is 1.20. The van der Waals surface area contributed by atoms with E-state index in [9.17, 15) is 4.79 Å². The first-order valence-corrected chi connectivity index (χ1v) is 10.6. The molecule has 0 bridgehead atoms. The monoisotopic (exact) mass is 423 g/mol. The molecule has 9 heteroatoms. The Balaban J connectivity index is 1.23. The normalized spacial score (nSPS) is 11.0. The SMILES string of the molecule is CCOc1ccc(-c2nnc(SCC(=O)NCCc3nc4ccccc4[nH]3)o2)cc1. The van der Waals surface area contributed by atoms with Crippen LogP contribution >= 0.6 is 11.8 Å². The minimum Gasteiger partial charge on any atom is -0.494 e. The van der Waals surface area contributed by atoms with Crippen LogP contribution in [0.1, 0.15) is 12.7 Å². The lowest BCUT2D eigenvalue weighted by Crippen LogP contribution is -2.27. The molecular formula is C21H21N5O3S. The summed E-state index contributed by atoms with van der Waals surface area (Å²) in [7, 11) is 0. The van der Waals surface area contributed by atoms with E-state index in [4.69, 9.17) is 9.15 Å². The largest absolute Gasteiger partial charge is 0.494 e. The molecule has 2 heterocycles. The highest BCUT2D eigenvalue weighted by molar-refractivity contribution is 7.99. The third-order valence-corrected chi connectivity index (χ3v) is 5.09. The number of hydrogen-bond acceptors (Lipinski definition) is 7. The van der Waals surface area contributed by atoms with Gasteiger partial charge in [0.1, 0.15) is 11.6 Å². The smallest absolute Gasteiger partial charge is 0.277 e. The molecule has 0 aliphatic rings. The maximum absolute atomic E-state index is 12.1. The fraction of sp³-hybridized carbons (Fsp3) is 0.238. The van der Waals surface area contributed by atoms with Gasteiger partial charge in [-0.15, -0.1) is 10.2 Å². The Morgan fingerprint density at radius 2 is 2.00 bits per heavy atom. The molecule has 0 fully saturated rings. The summed E-state index contributed by atoms with van der Waals surface area (Å²) in [5.41, 5.74) is 2.72. The zero-order valence-corrected chi connectivity index (χ0v) is 17.2. The number of nitrogens with zero attached hydrogens (tertiary/aromatic N) is 3. The fourth-order valence-corrected chi connectivity index (χ4v) is 3.46. The van der Waals surface area contributed by atoms with Gasteiger partial charge in [0, 0.05) is 18.5 Å². The van der Waals surface area contributed by atoms with E-state index in [1.165, 1.54) is 11.8 Å². The van der Waals surface area contributed by atoms with Crippen LogP contribution in [-0.2, 0) is 11.2 Å². The van der Waals surface area contributed by atoms with E-state index >= 15 is 0 Å². The molecule has 4 aromatic rings. The van der Waals surface area contributed by atoms with Gasteiger partial charge in [0.05, 0.1) is 23.4 Å². The summed E-state index contributed by atoms with van der Waals surface area (Å²) in [6.07, 6.45) is 0.632. The van der Waals surface area contributed by atoms with E-state index in [1.807, 2.05) is 55.5 Å². The van der Waals surface area contributed by atoms with Crippen LogP contribution < -0.4 is 10.1 Å². The number of ether oxygens (including phenoxy) is 1. The number of carbonyl (C=O) groups is 1. The topological polar surface area (TPSA) is 106 Å². The molecule has 0 spiro atoms. The average Bonchev–Trinajstić information content (AvgIpc) is 3.40. The summed E-state index contributed by atoms with van der Waals surface area (Å²) in [6.45, 7) is 3.05. The zero-order valence-electron chi connectivity index (χ0n) is 16.4. The van der Waals surface area contributed by atoms with Crippen LogP contribution in [0.15, 0.2) is 58.2 Å². The van der Waals surface area contributed by atoms with Gasteiger partial charge in [-0.1, -0.05) is 23.9 Å². The van der Waals surface area contributed by atoms with Crippen LogP contribution in [0.5, 0.6) is 5.75 Å². The van der Waals surface area contributed by atoms with Crippen molar-refractivity contribution < 1.29 is 13.9 Å². The summed E-state index contributed by atoms with van der Waals surface area (Å²) in [5.74, 6) is 2.14. The molecule has 0 unspecified atom stereocenters. The van der Waals surface area contributed by atoms with Crippen molar-refractivity contribution in [2.24, 2.45) is 0 Å². The van der Waals surface area contributed by atoms with Gasteiger partial charge < -0.3 is 19.5 Å². The summed E-state index contributed by atoms with van der Waals surface area (Å²) < 4.78 is 11.1. The minimum atomic E-state index is -0.100. The lowest BCUT2D eigenvalue weighted by molar-refractivity contribution is -0.118. The van der Waals surface area contributed by atoms with Crippen molar-refractivity contribution >= 4 is 28.7 Å². The van der Waals surface area contributed by atoms with Crippen LogP contribution in [-0.4, -0.2) is 45.0 Å². The van der Waals surface area contributed by atoms with Crippen molar-refractivity contribution in [3.8, 4) is 17.2 Å². The molecule has 0 atom stereocenters. The predicted octanol–water partition coefficient (Wildman–Crippen LogP) is 3.46. The van der Waals surface area contributed by atoms with Crippen molar-refractivity contribution in [1.82, 2.24) is 25.5 Å². The number of hydrogen-bond donors (Lipinski definition) is 2. The Kier molecular flexibility index (Phi) is 6.29. The third-order valence-electron chi connectivity index (χ3n) is 4.27. The molecule has 0 saturated heterocycles. The number of aromatic nitrogens is 4. The lowest BCUT2D eigenvalue weighted by atomic mass is 10.2. The predicted molar refractivity (Wildman–Crippen MR) is 114 cm³/mol. The quantitative estimate of drug-likeness (QED) is 0.397. The van der Waals surface area contributed by atoms with Crippen molar-refractivity contribution in [2.45, 2.75) is 18.6 Å². The molecule has 8 nitrogen and oxygen atoms in total. The van der Waals surface area contributed by atoms with Gasteiger partial charge in [-0.3, -0.25) is 4.79 Å². The van der Waals surface area contributed by atoms with Crippen LogP contribution in [0.25, 0.3) is 22.5 Å². The first kappa shape index (κ1) is 20.0. The van der Waals surface area contributed by atoms with E-state index in [-0.39, 0.29) is 11.7 Å². The summed E-state index contributed by atoms with van der Waals surface area (Å²) in [6, 6.07) is 15.3. The minimum absolute atomic E-state index is 0.100. The Hall–Kier alpha value is -3.33. The molecule has 4 rings (SSSR count). The number of H-pyrrole nitrogens is 1. The van der Waals surface area contributed by atoms with Crippen molar-refractivity contribution in [2.75, 3.05) is 18.9 Å². The van der Waals surface area contributed by atoms with Crippen molar-refractivity contribution in [3.63, 3.8) is 0 Å². The van der Waals surface area contributed by atoms with E-state index in [0.29, 0.717) is 30.7 Å². The van der Waals surface area contributed by atoms with Crippen LogP contribution in [0.3, 0.4) is 0 Å². The van der Waals surface area contributed by atoms with Crippen molar-refractivity contribution in [1.29, 1.82) is 0 Å². The lowest BCUT2D eigenvalue weighted by Gasteiger charge is -2.02. The number of para-hydroxylation sites is 2. The number of carbonyl (C=O) groups excluding carboxylic acids is 1. The number of fused-ring (bicyclic) bond motifs is 1. The summed E-state index contributed by atoms with van der Waals surface area (Å²) in [4.78, 5) is 19.8. The third kappa shape index (κ3) is 4.98. The number of aromatic amines is 1. The highest BCUT2D eigenvalue weighted by atomic mass is 32.2. The second kappa shape index (κ2) is 9.45. The molecule has 1 amide bonds. The maximum Gasteiger partial charge on any atom is 0.277 e. The van der Waals surface area contributed by atoms with Crippen LogP contribution in [0.4, 0.5) is 0 Å². The van der Waals surface area contributed by atoms with Gasteiger partial charge in [0.25, 0.3) is 5.22 Å². The zero-order chi connectivity index (χ0) is 20.8. The van der Waals surface area contributed by atoms with Crippen molar-refractivity contribution in [3.05, 3.63) is 54.4 Å². The molecule has 154 valence electrons. The van der Waals surface area contributed by atoms with Crippen LogP contribution in [0, 0.1) is 0 Å². The molecule has 0 saturated carbocycles. The van der Waals surface area contributed by atoms with Gasteiger partial charge in [-0.05, 0) is 43.3 Å². The van der Waals surface area contributed by atoms with Crippen LogP contribution in [0.2, 0.25) is 0 Å². The van der Waals surface area contributed by atoms with E-state index < -0.39 is 0 Å². The Morgan fingerprint density at radius 1 is 1.17 bits per heavy atom. The average molecular weight is 423 g/mol. The highest BCUT2D eigenvalue weighted by Gasteiger charge is 2.11. The number of rotatable bonds is 9. The second-order valence-electron chi connectivity index (χ2n) is 6.42. The molecule has 0 radical (unpaired) electrons. The molecule has 0 aliphatic carbocycles. The molecular weight excluding hydrogens is 402 g/mol. The fourth-order valence-electron chi connectivity index (χ4n) is 2.87. The molecule has 2 aromatic heterocycles. The molecule has 2 N–H and O–H groups in total. The number of imidazole rings is 1. The van der Waals surface area contributed by atoms with E-state index in [0.717, 1.165) is 28.2 Å². The van der Waals surface area contributed by atoms with Gasteiger partial charge in [0.15, 0.2) is 0 Å². The van der Waals surface area contributed by atoms with Gasteiger partial charge in [-0.25, -0.2) is 4.98 Å². The highest BCUT2D eigenvalue weighted by Crippen LogP contribution is 2.24. The maximum atomic E-state index is 12.1. The Bertz CT molecular complexity index is 1090. The Morgan fingerprint density at radius 3 is 2.80 bits per heavy atom. The first-order chi connectivity index (χ1) is 14.7. The number of thioether (sulfide) groups is 1.